The number of hydrogen-bond donors (Lipinski definition) is 1. The second-order valence-electron chi connectivity index (χ2n) is 6.52. The van der Waals surface area contributed by atoms with Crippen molar-refractivity contribution in [2.24, 2.45) is 5.73 Å². The van der Waals surface area contributed by atoms with Gasteiger partial charge in [0.05, 0.1) is 12.9 Å². The molecule has 2 N–H and O–H groups in total. The number of benzene rings is 2. The predicted molar refractivity (Wildman–Crippen MR) is 113 cm³/mol. The number of halogens is 1. The maximum absolute atomic E-state index is 13.2. The number of nitrogens with zero attached hydrogens (tertiary/aromatic N) is 1. The van der Waals surface area contributed by atoms with E-state index in [1.807, 2.05) is 60.7 Å². The minimum Gasteiger partial charge on any atom is -0.498 e. The molecule has 2 aromatic rings. The summed E-state index contributed by atoms with van der Waals surface area (Å²) < 4.78 is 11.3. The highest BCUT2D eigenvalue weighted by Crippen LogP contribution is 2.40. The molecule has 0 aliphatic carbocycles. The number of rotatable bonds is 5. The Bertz CT molecular complexity index is 883. The summed E-state index contributed by atoms with van der Waals surface area (Å²) in [6.07, 6.45) is -0.599. The molecule has 2 heterocycles. The minimum atomic E-state index is -0.606. The summed E-state index contributed by atoms with van der Waals surface area (Å²) >= 11 is 1.48. The van der Waals surface area contributed by atoms with Crippen molar-refractivity contribution in [1.82, 2.24) is 4.90 Å². The van der Waals surface area contributed by atoms with E-state index in [1.165, 1.54) is 23.8 Å². The first-order valence-electron chi connectivity index (χ1n) is 8.90. The lowest BCUT2D eigenvalue weighted by Crippen LogP contribution is -2.68. The van der Waals surface area contributed by atoms with Gasteiger partial charge >= 0.3 is 5.97 Å². The van der Waals surface area contributed by atoms with Crippen molar-refractivity contribution >= 4 is 36.0 Å². The van der Waals surface area contributed by atoms with Crippen LogP contribution in [0.4, 0.5) is 0 Å². The quantitative estimate of drug-likeness (QED) is 0.578. The third-order valence-corrected chi connectivity index (χ3v) is 6.12. The topological polar surface area (TPSA) is 81.9 Å². The second-order valence-corrected chi connectivity index (χ2v) is 7.62. The smallest absolute Gasteiger partial charge is 0.359 e. The molecule has 2 aliphatic heterocycles. The monoisotopic (exact) mass is 432 g/mol. The Labute approximate surface area is 179 Å². The van der Waals surface area contributed by atoms with Gasteiger partial charge in [-0.05, 0) is 11.1 Å². The summed E-state index contributed by atoms with van der Waals surface area (Å²) in [5, 5.41) is -0.263. The van der Waals surface area contributed by atoms with Crippen molar-refractivity contribution in [1.29, 1.82) is 0 Å². The van der Waals surface area contributed by atoms with E-state index in [0.717, 1.165) is 11.1 Å². The molecule has 4 rings (SSSR count). The van der Waals surface area contributed by atoms with Crippen LogP contribution in [0.25, 0.3) is 0 Å². The van der Waals surface area contributed by atoms with Crippen LogP contribution in [0.5, 0.6) is 0 Å². The van der Waals surface area contributed by atoms with Gasteiger partial charge < -0.3 is 15.2 Å². The predicted octanol–water partition coefficient (Wildman–Crippen LogP) is 2.84. The summed E-state index contributed by atoms with van der Waals surface area (Å²) in [7, 11) is 1.49. The lowest BCUT2D eigenvalue weighted by molar-refractivity contribution is -0.153. The molecule has 1 fully saturated rings. The molecule has 29 heavy (non-hydrogen) atoms. The van der Waals surface area contributed by atoms with Gasteiger partial charge in [0.1, 0.15) is 17.2 Å². The van der Waals surface area contributed by atoms with Crippen molar-refractivity contribution in [3.05, 3.63) is 83.2 Å². The number of carbonyl (C=O) groups is 2. The lowest BCUT2D eigenvalue weighted by Gasteiger charge is -2.47. The van der Waals surface area contributed by atoms with E-state index in [1.54, 1.807) is 0 Å². The zero-order valence-electron chi connectivity index (χ0n) is 15.7. The van der Waals surface area contributed by atoms with Crippen LogP contribution in [0.2, 0.25) is 0 Å². The van der Waals surface area contributed by atoms with Crippen LogP contribution >= 0.6 is 24.2 Å². The van der Waals surface area contributed by atoms with Crippen LogP contribution in [-0.2, 0) is 19.1 Å². The van der Waals surface area contributed by atoms with Crippen LogP contribution in [0.3, 0.4) is 0 Å². The normalized spacial score (nSPS) is 20.5. The zero-order valence-corrected chi connectivity index (χ0v) is 17.3. The van der Waals surface area contributed by atoms with Crippen molar-refractivity contribution in [3.63, 3.8) is 0 Å². The number of thioether (sulfide) groups is 1. The molecule has 0 spiro atoms. The average molecular weight is 433 g/mol. The number of hydrogen-bond acceptors (Lipinski definition) is 6. The molecular formula is C21H21ClN2O4S. The lowest BCUT2D eigenvalue weighted by atomic mass is 10.0. The largest absolute Gasteiger partial charge is 0.498 e. The molecular weight excluding hydrogens is 412 g/mol. The van der Waals surface area contributed by atoms with Gasteiger partial charge in [0.25, 0.3) is 0 Å². The van der Waals surface area contributed by atoms with Gasteiger partial charge in [-0.25, -0.2) is 4.79 Å². The molecule has 6 nitrogen and oxygen atoms in total. The van der Waals surface area contributed by atoms with Crippen LogP contribution < -0.4 is 5.73 Å². The molecule has 0 saturated carbocycles. The molecule has 152 valence electrons. The van der Waals surface area contributed by atoms with Crippen LogP contribution in [-0.4, -0.2) is 41.1 Å². The van der Waals surface area contributed by atoms with Crippen molar-refractivity contribution in [3.8, 4) is 0 Å². The van der Waals surface area contributed by atoms with Crippen LogP contribution in [0.1, 0.15) is 17.2 Å². The van der Waals surface area contributed by atoms with E-state index < -0.39 is 18.1 Å². The van der Waals surface area contributed by atoms with Gasteiger partial charge in [-0.3, -0.25) is 9.69 Å². The molecule has 2 aromatic carbocycles. The molecule has 0 aromatic heterocycles. The van der Waals surface area contributed by atoms with Gasteiger partial charge in [-0.2, -0.15) is 0 Å². The third-order valence-electron chi connectivity index (χ3n) is 4.84. The first-order chi connectivity index (χ1) is 13.6. The highest BCUT2D eigenvalue weighted by Gasteiger charge is 2.53. The van der Waals surface area contributed by atoms with Crippen molar-refractivity contribution in [2.45, 2.75) is 17.5 Å². The second kappa shape index (κ2) is 8.90. The van der Waals surface area contributed by atoms with Gasteiger partial charge in [0.2, 0.25) is 5.91 Å². The number of esters is 1. The maximum atomic E-state index is 13.2. The summed E-state index contributed by atoms with van der Waals surface area (Å²) in [5.41, 5.74) is 7.71. The zero-order chi connectivity index (χ0) is 19.7. The molecule has 1 saturated heterocycles. The molecule has 0 radical (unpaired) electrons. The summed E-state index contributed by atoms with van der Waals surface area (Å²) in [6.45, 7) is 0. The highest BCUT2D eigenvalue weighted by atomic mass is 35.5. The Kier molecular flexibility index (Phi) is 6.52. The standard InChI is InChI=1S/C21H20N2O4S.ClH/c1-26-15-12-28-20-16(22)19(24)23(20)17(15)21(25)27-18(13-8-4-2-5-9-13)14-10-6-3-7-11-14;/h2-11,16,18,20H,12,22H2,1H3;1H/t16-,20-;/m0./s1. The van der Waals surface area contributed by atoms with E-state index in [4.69, 9.17) is 15.2 Å². The van der Waals surface area contributed by atoms with Crippen molar-refractivity contribution < 1.29 is 19.1 Å². The molecule has 2 aliphatic rings. The van der Waals surface area contributed by atoms with E-state index in [0.29, 0.717) is 11.5 Å². The SMILES string of the molecule is COC1=C(C(=O)OC(c2ccccc2)c2ccccc2)N2C(=O)[C@H](N)[C@@H]2SC1.Cl. The Morgan fingerprint density at radius 1 is 1.10 bits per heavy atom. The molecule has 2 atom stereocenters. The number of ether oxygens (including phenoxy) is 2. The van der Waals surface area contributed by atoms with E-state index in [9.17, 15) is 9.59 Å². The number of carbonyl (C=O) groups excluding carboxylic acids is 2. The first kappa shape index (κ1) is 21.2. The fourth-order valence-electron chi connectivity index (χ4n) is 3.38. The van der Waals surface area contributed by atoms with Gasteiger partial charge in [0.15, 0.2) is 11.8 Å². The molecule has 0 unspecified atom stereocenters. The van der Waals surface area contributed by atoms with Gasteiger partial charge in [0, 0.05) is 0 Å². The maximum Gasteiger partial charge on any atom is 0.359 e. The Balaban J connectivity index is 0.00000240. The number of methoxy groups -OCH3 is 1. The summed E-state index contributed by atoms with van der Waals surface area (Å²) in [4.78, 5) is 26.8. The van der Waals surface area contributed by atoms with Crippen LogP contribution in [0, 0.1) is 0 Å². The number of amides is 1. The van der Waals surface area contributed by atoms with E-state index in [-0.39, 0.29) is 29.4 Å². The average Bonchev–Trinajstić information content (AvgIpc) is 2.76. The summed E-state index contributed by atoms with van der Waals surface area (Å²) in [6, 6.07) is 18.4. The number of β-lactam (4-membered cyclic amide) rings is 1. The number of fused-ring (bicyclic) bond motifs is 1. The molecule has 0 bridgehead atoms. The van der Waals surface area contributed by atoms with Gasteiger partial charge in [-0.15, -0.1) is 24.2 Å². The van der Waals surface area contributed by atoms with Crippen molar-refractivity contribution in [2.75, 3.05) is 12.9 Å². The van der Waals surface area contributed by atoms with E-state index >= 15 is 0 Å². The highest BCUT2D eigenvalue weighted by molar-refractivity contribution is 8.00. The Morgan fingerprint density at radius 2 is 1.66 bits per heavy atom. The fourth-order valence-corrected chi connectivity index (χ4v) is 4.64. The Morgan fingerprint density at radius 3 is 2.17 bits per heavy atom. The number of nitrogens with two attached hydrogens (primary N) is 1. The molecule has 8 heteroatoms. The first-order valence-corrected chi connectivity index (χ1v) is 9.95. The van der Waals surface area contributed by atoms with Crippen LogP contribution in [0.15, 0.2) is 72.1 Å². The third kappa shape index (κ3) is 3.85. The Hall–Kier alpha value is -2.48. The minimum absolute atomic E-state index is 0. The van der Waals surface area contributed by atoms with E-state index in [2.05, 4.69) is 0 Å². The molecule has 1 amide bonds. The fraction of sp³-hybridized carbons (Fsp3) is 0.238. The van der Waals surface area contributed by atoms with Gasteiger partial charge in [-0.1, -0.05) is 60.7 Å². The summed E-state index contributed by atoms with van der Waals surface area (Å²) in [5.74, 6) is -0.00844.